The summed E-state index contributed by atoms with van der Waals surface area (Å²) in [5.41, 5.74) is -1.05. The van der Waals surface area contributed by atoms with Crippen molar-refractivity contribution in [1.82, 2.24) is 10.2 Å². The molecule has 1 aliphatic carbocycles. The number of carbonyl (C=O) groups excluding carboxylic acids is 2. The van der Waals surface area contributed by atoms with Crippen LogP contribution in [0.2, 0.25) is 0 Å². The third-order valence-corrected chi connectivity index (χ3v) is 5.05. The van der Waals surface area contributed by atoms with Crippen molar-refractivity contribution in [2.75, 3.05) is 7.05 Å². The number of hydrogen-bond acceptors (Lipinski definition) is 3. The van der Waals surface area contributed by atoms with Gasteiger partial charge in [0.1, 0.15) is 0 Å². The Labute approximate surface area is 112 Å². The Hall–Kier alpha value is -1.36. The van der Waals surface area contributed by atoms with Gasteiger partial charge in [0.25, 0.3) is 5.91 Å². The summed E-state index contributed by atoms with van der Waals surface area (Å²) in [6, 6.07) is -0.261. The summed E-state index contributed by atoms with van der Waals surface area (Å²) in [5, 5.41) is 13.5. The molecule has 2 N–H and O–H groups in total. The molecule has 19 heavy (non-hydrogen) atoms. The van der Waals surface area contributed by atoms with Crippen LogP contribution in [-0.2, 0) is 9.59 Å². The molecule has 3 rings (SSSR count). The van der Waals surface area contributed by atoms with Gasteiger partial charge in [-0.25, -0.2) is 0 Å². The van der Waals surface area contributed by atoms with Crippen LogP contribution in [0.4, 0.5) is 0 Å². The van der Waals surface area contributed by atoms with Gasteiger partial charge in [0.15, 0.2) is 5.54 Å². The molecule has 2 saturated heterocycles. The van der Waals surface area contributed by atoms with E-state index in [9.17, 15) is 14.7 Å². The zero-order valence-electron chi connectivity index (χ0n) is 11.3. The van der Waals surface area contributed by atoms with Crippen molar-refractivity contribution in [2.24, 2.45) is 11.8 Å². The normalized spacial score (nSPS) is 42.7. The zero-order chi connectivity index (χ0) is 13.8. The number of aliphatic hydroxyl groups excluding tert-OH is 1. The Balaban J connectivity index is 1.96. The average Bonchev–Trinajstić information content (AvgIpc) is 2.57. The first kappa shape index (κ1) is 12.7. The van der Waals surface area contributed by atoms with Gasteiger partial charge in [0, 0.05) is 13.0 Å². The molecule has 0 bridgehead atoms. The van der Waals surface area contributed by atoms with Crippen molar-refractivity contribution < 1.29 is 14.7 Å². The zero-order valence-corrected chi connectivity index (χ0v) is 11.3. The predicted molar refractivity (Wildman–Crippen MR) is 69.1 cm³/mol. The average molecular weight is 264 g/mol. The lowest BCUT2D eigenvalue weighted by atomic mass is 9.69. The number of amides is 2. The van der Waals surface area contributed by atoms with Gasteiger partial charge in [-0.05, 0) is 19.3 Å². The first-order chi connectivity index (χ1) is 9.01. The van der Waals surface area contributed by atoms with Gasteiger partial charge in [-0.2, -0.15) is 0 Å². The van der Waals surface area contributed by atoms with Gasteiger partial charge in [-0.3, -0.25) is 9.59 Å². The van der Waals surface area contributed by atoms with Gasteiger partial charge >= 0.3 is 0 Å². The number of β-lactam (4-membered cyclic amide) rings is 1. The molecule has 0 aromatic carbocycles. The fraction of sp³-hybridized carbons (Fsp3) is 0.714. The number of allylic oxidation sites excluding steroid dienone is 1. The summed E-state index contributed by atoms with van der Waals surface area (Å²) in [6.07, 6.45) is 6.15. The standard InChI is InChI=1S/C14H20N2O3/c1-8-10-14(13(19)15-10,16(2)12(8)18)11(17)9-6-4-3-5-7-9/h4,6,8-11,17H,3,5,7H2,1-2H3,(H,15,19)/t8?,9-,10+,11+,14+/m1/s1. The van der Waals surface area contributed by atoms with Crippen LogP contribution in [-0.4, -0.2) is 46.6 Å². The topological polar surface area (TPSA) is 69.6 Å². The second kappa shape index (κ2) is 4.07. The van der Waals surface area contributed by atoms with Crippen LogP contribution >= 0.6 is 0 Å². The minimum atomic E-state index is -1.05. The lowest BCUT2D eigenvalue weighted by Crippen LogP contribution is -2.80. The van der Waals surface area contributed by atoms with Crippen LogP contribution in [0.25, 0.3) is 0 Å². The van der Waals surface area contributed by atoms with E-state index in [2.05, 4.69) is 11.4 Å². The molecule has 0 aromatic heterocycles. The number of likely N-dealkylation sites (tertiary alicyclic amines) is 1. The number of fused-ring (bicyclic) bond motifs is 1. The summed E-state index contributed by atoms with van der Waals surface area (Å²) in [5.74, 6) is -0.584. The molecular formula is C14H20N2O3. The van der Waals surface area contributed by atoms with E-state index in [1.807, 2.05) is 13.0 Å². The lowest BCUT2D eigenvalue weighted by molar-refractivity contribution is -0.162. The second-order valence-corrected chi connectivity index (χ2v) is 5.93. The van der Waals surface area contributed by atoms with Crippen molar-refractivity contribution in [3.63, 3.8) is 0 Å². The highest BCUT2D eigenvalue weighted by atomic mass is 16.3. The number of aliphatic hydroxyl groups is 1. The highest BCUT2D eigenvalue weighted by Crippen LogP contribution is 2.45. The van der Waals surface area contributed by atoms with Crippen molar-refractivity contribution >= 4 is 11.8 Å². The molecule has 0 radical (unpaired) electrons. The maximum absolute atomic E-state index is 12.1. The van der Waals surface area contributed by atoms with Crippen LogP contribution in [0.15, 0.2) is 12.2 Å². The molecule has 0 saturated carbocycles. The van der Waals surface area contributed by atoms with Crippen LogP contribution in [0.1, 0.15) is 26.2 Å². The molecule has 5 nitrogen and oxygen atoms in total. The van der Waals surface area contributed by atoms with E-state index in [-0.39, 0.29) is 29.7 Å². The van der Waals surface area contributed by atoms with E-state index < -0.39 is 11.6 Å². The molecule has 3 aliphatic rings. The van der Waals surface area contributed by atoms with E-state index in [0.29, 0.717) is 0 Å². The lowest BCUT2D eigenvalue weighted by Gasteiger charge is -2.52. The molecular weight excluding hydrogens is 244 g/mol. The van der Waals surface area contributed by atoms with Crippen LogP contribution in [0.5, 0.6) is 0 Å². The molecule has 0 spiro atoms. The SMILES string of the molecule is CC1C(=O)N(C)[C@@]2([C@@H](O)[C@@H]3C=CCCC3)C(=O)N[C@@H]12. The molecule has 5 atom stereocenters. The molecule has 104 valence electrons. The second-order valence-electron chi connectivity index (χ2n) is 5.93. The van der Waals surface area contributed by atoms with Gasteiger partial charge in [-0.15, -0.1) is 0 Å². The molecule has 0 aromatic rings. The Bertz CT molecular complexity index is 462. The Kier molecular flexibility index (Phi) is 2.71. The Morgan fingerprint density at radius 1 is 1.53 bits per heavy atom. The largest absolute Gasteiger partial charge is 0.389 e. The smallest absolute Gasteiger partial charge is 0.251 e. The maximum Gasteiger partial charge on any atom is 0.251 e. The molecule has 2 amide bonds. The van der Waals surface area contributed by atoms with E-state index in [0.717, 1.165) is 19.3 Å². The number of nitrogens with one attached hydrogen (secondary N) is 1. The van der Waals surface area contributed by atoms with Gasteiger partial charge in [0.2, 0.25) is 5.91 Å². The fourth-order valence-electron chi connectivity index (χ4n) is 3.87. The first-order valence-corrected chi connectivity index (χ1v) is 6.94. The molecule has 2 heterocycles. The summed E-state index contributed by atoms with van der Waals surface area (Å²) < 4.78 is 0. The molecule has 2 fully saturated rings. The number of hydrogen-bond donors (Lipinski definition) is 2. The quantitative estimate of drug-likeness (QED) is 0.547. The van der Waals surface area contributed by atoms with Crippen LogP contribution < -0.4 is 5.32 Å². The van der Waals surface area contributed by atoms with E-state index in [1.165, 1.54) is 4.90 Å². The summed E-state index contributed by atoms with van der Waals surface area (Å²) >= 11 is 0. The highest BCUT2D eigenvalue weighted by molar-refractivity contribution is 6.04. The maximum atomic E-state index is 12.1. The molecule has 2 aliphatic heterocycles. The number of rotatable bonds is 2. The summed E-state index contributed by atoms with van der Waals surface area (Å²) in [7, 11) is 1.63. The van der Waals surface area contributed by atoms with Crippen molar-refractivity contribution in [1.29, 1.82) is 0 Å². The van der Waals surface area contributed by atoms with Crippen molar-refractivity contribution in [3.8, 4) is 0 Å². The van der Waals surface area contributed by atoms with Gasteiger partial charge in [-0.1, -0.05) is 19.1 Å². The molecule has 5 heteroatoms. The van der Waals surface area contributed by atoms with Gasteiger partial charge in [0.05, 0.1) is 18.1 Å². The van der Waals surface area contributed by atoms with Crippen molar-refractivity contribution in [3.05, 3.63) is 12.2 Å². The Morgan fingerprint density at radius 2 is 2.26 bits per heavy atom. The first-order valence-electron chi connectivity index (χ1n) is 6.94. The number of nitrogens with zero attached hydrogens (tertiary/aromatic N) is 1. The fourth-order valence-corrected chi connectivity index (χ4v) is 3.87. The van der Waals surface area contributed by atoms with E-state index in [1.54, 1.807) is 7.05 Å². The van der Waals surface area contributed by atoms with Crippen LogP contribution in [0.3, 0.4) is 0 Å². The van der Waals surface area contributed by atoms with Crippen LogP contribution in [0, 0.1) is 11.8 Å². The third-order valence-electron chi connectivity index (χ3n) is 5.05. The number of carbonyl (C=O) groups is 2. The monoisotopic (exact) mass is 264 g/mol. The number of likely N-dealkylation sites (N-methyl/N-ethyl adjacent to an activating group) is 1. The van der Waals surface area contributed by atoms with Crippen molar-refractivity contribution in [2.45, 2.75) is 43.9 Å². The minimum absolute atomic E-state index is 0.0390. The Morgan fingerprint density at radius 3 is 2.79 bits per heavy atom. The summed E-state index contributed by atoms with van der Waals surface area (Å²) in [6.45, 7) is 1.81. The summed E-state index contributed by atoms with van der Waals surface area (Å²) in [4.78, 5) is 25.7. The van der Waals surface area contributed by atoms with E-state index >= 15 is 0 Å². The minimum Gasteiger partial charge on any atom is -0.389 e. The predicted octanol–water partition coefficient (Wildman–Crippen LogP) is 0.0489. The van der Waals surface area contributed by atoms with E-state index in [4.69, 9.17) is 0 Å². The molecule has 1 unspecified atom stereocenters. The van der Waals surface area contributed by atoms with Gasteiger partial charge < -0.3 is 15.3 Å². The highest BCUT2D eigenvalue weighted by Gasteiger charge is 2.71. The third kappa shape index (κ3) is 1.39.